The minimum atomic E-state index is -0.350. The van der Waals surface area contributed by atoms with Crippen molar-refractivity contribution in [3.05, 3.63) is 53.6 Å². The van der Waals surface area contributed by atoms with Crippen LogP contribution in [-0.4, -0.2) is 34.7 Å². The van der Waals surface area contributed by atoms with Gasteiger partial charge in [-0.3, -0.25) is 0 Å². The number of rotatable bonds is 7. The Bertz CT molecular complexity index is 903. The van der Waals surface area contributed by atoms with Crippen LogP contribution in [0.5, 0.6) is 5.75 Å². The Morgan fingerprint density at radius 3 is 2.68 bits per heavy atom. The number of nitrogens with one attached hydrogen (secondary N) is 3. The van der Waals surface area contributed by atoms with Crippen molar-refractivity contribution in [2.24, 2.45) is 0 Å². The molecule has 0 fully saturated rings. The molecule has 3 aromatic rings. The summed E-state index contributed by atoms with van der Waals surface area (Å²) in [5.41, 5.74) is 3.22. The summed E-state index contributed by atoms with van der Waals surface area (Å²) in [6.45, 7) is 0.562. The van der Waals surface area contributed by atoms with Gasteiger partial charge in [-0.15, -0.1) is 10.2 Å². The van der Waals surface area contributed by atoms with Crippen molar-refractivity contribution < 1.29 is 4.74 Å². The first-order chi connectivity index (χ1) is 12.2. The fourth-order valence-corrected chi connectivity index (χ4v) is 2.44. The van der Waals surface area contributed by atoms with Gasteiger partial charge in [-0.1, -0.05) is 18.2 Å². The topological polar surface area (TPSA) is 108 Å². The maximum absolute atomic E-state index is 7.36. The second kappa shape index (κ2) is 7.48. The number of fused-ring (bicyclic) bond motifs is 1. The molecule has 25 heavy (non-hydrogen) atoms. The third-order valence-corrected chi connectivity index (χ3v) is 3.81. The van der Waals surface area contributed by atoms with Crippen LogP contribution in [0, 0.1) is 10.8 Å². The van der Waals surface area contributed by atoms with E-state index in [-0.39, 0.29) is 5.92 Å². The van der Waals surface area contributed by atoms with Crippen molar-refractivity contribution in [2.75, 3.05) is 12.4 Å². The Morgan fingerprint density at radius 2 is 1.92 bits per heavy atom. The maximum Gasteiger partial charge on any atom is 0.243 e. The molecule has 3 N–H and O–H groups in total. The summed E-state index contributed by atoms with van der Waals surface area (Å²) in [5, 5.41) is 26.2. The molecule has 2 aromatic carbocycles. The van der Waals surface area contributed by atoms with E-state index >= 15 is 0 Å². The van der Waals surface area contributed by atoms with Gasteiger partial charge in [-0.25, -0.2) is 4.98 Å². The Hall–Kier alpha value is -3.35. The molecule has 0 aliphatic rings. The largest absolute Gasteiger partial charge is 0.497 e. The van der Waals surface area contributed by atoms with Gasteiger partial charge < -0.3 is 20.9 Å². The number of benzene rings is 2. The molecule has 1 heterocycles. The lowest BCUT2D eigenvalue weighted by Gasteiger charge is -2.08. The van der Waals surface area contributed by atoms with E-state index in [1.54, 1.807) is 7.11 Å². The van der Waals surface area contributed by atoms with Gasteiger partial charge in [-0.2, -0.15) is 0 Å². The number of hydrogen-bond acceptors (Lipinski definition) is 7. The summed E-state index contributed by atoms with van der Waals surface area (Å²) in [4.78, 5) is 4.45. The molecule has 0 aliphatic carbocycles. The van der Waals surface area contributed by atoms with Gasteiger partial charge in [-0.05, 0) is 35.4 Å². The minimum absolute atomic E-state index is 0.350. The van der Waals surface area contributed by atoms with Crippen LogP contribution in [0.4, 0.5) is 5.95 Å². The first kappa shape index (κ1) is 16.5. The van der Waals surface area contributed by atoms with E-state index in [2.05, 4.69) is 20.5 Å². The second-order valence-electron chi connectivity index (χ2n) is 5.45. The summed E-state index contributed by atoms with van der Waals surface area (Å²) in [5.74, 6) is 0.895. The van der Waals surface area contributed by atoms with Crippen LogP contribution >= 0.6 is 0 Å². The van der Waals surface area contributed by atoms with E-state index in [0.717, 1.165) is 16.9 Å². The number of methoxy groups -OCH3 is 1. The van der Waals surface area contributed by atoms with E-state index in [0.29, 0.717) is 23.5 Å². The zero-order valence-corrected chi connectivity index (χ0v) is 13.7. The molecule has 0 unspecified atom stereocenters. The summed E-state index contributed by atoms with van der Waals surface area (Å²) < 4.78 is 5.21. The fourth-order valence-electron chi connectivity index (χ4n) is 2.44. The SMILES string of the molecule is COc1cccc(CNc2nnc3cc(C(C=N)C=N)ccc3n2)c1. The zero-order chi connectivity index (χ0) is 17.6. The predicted molar refractivity (Wildman–Crippen MR) is 98.0 cm³/mol. The van der Waals surface area contributed by atoms with Crippen LogP contribution in [0.1, 0.15) is 17.0 Å². The van der Waals surface area contributed by atoms with Crippen molar-refractivity contribution >= 4 is 29.4 Å². The third kappa shape index (κ3) is 3.77. The smallest absolute Gasteiger partial charge is 0.243 e. The molecule has 0 bridgehead atoms. The van der Waals surface area contributed by atoms with Crippen molar-refractivity contribution in [3.8, 4) is 5.75 Å². The molecule has 0 saturated carbocycles. The van der Waals surface area contributed by atoms with Crippen LogP contribution < -0.4 is 10.1 Å². The summed E-state index contributed by atoms with van der Waals surface area (Å²) in [7, 11) is 1.64. The molecule has 126 valence electrons. The summed E-state index contributed by atoms with van der Waals surface area (Å²) in [6, 6.07) is 13.3. The van der Waals surface area contributed by atoms with E-state index in [1.165, 1.54) is 12.4 Å². The lowest BCUT2D eigenvalue weighted by molar-refractivity contribution is 0.414. The molecule has 7 heteroatoms. The Balaban J connectivity index is 1.78. The molecule has 0 saturated heterocycles. The van der Waals surface area contributed by atoms with E-state index in [1.807, 2.05) is 42.5 Å². The van der Waals surface area contributed by atoms with Crippen LogP contribution in [0.2, 0.25) is 0 Å². The van der Waals surface area contributed by atoms with Crippen LogP contribution in [0.15, 0.2) is 42.5 Å². The quantitative estimate of drug-likeness (QED) is 0.576. The molecule has 0 radical (unpaired) electrons. The standard InChI is InChI=1S/C18H18N6O/c1-25-15-4-2-3-12(7-15)11-21-18-22-16-6-5-13(14(9-19)10-20)8-17(16)23-24-18/h2-10,14,19-20H,11H2,1H3,(H,21,22,24). The van der Waals surface area contributed by atoms with Crippen LogP contribution in [-0.2, 0) is 6.54 Å². The Labute approximate surface area is 145 Å². The van der Waals surface area contributed by atoms with Crippen LogP contribution in [0.3, 0.4) is 0 Å². The highest BCUT2D eigenvalue weighted by Gasteiger charge is 2.08. The molecule has 0 amide bonds. The minimum Gasteiger partial charge on any atom is -0.497 e. The lowest BCUT2D eigenvalue weighted by Crippen LogP contribution is -2.06. The first-order valence-electron chi connectivity index (χ1n) is 7.76. The average Bonchev–Trinajstić information content (AvgIpc) is 2.67. The number of aromatic nitrogens is 3. The number of ether oxygens (including phenoxy) is 1. The number of anilines is 1. The van der Waals surface area contributed by atoms with E-state index < -0.39 is 0 Å². The molecule has 0 spiro atoms. The number of nitrogens with zero attached hydrogens (tertiary/aromatic N) is 3. The Morgan fingerprint density at radius 1 is 1.08 bits per heavy atom. The van der Waals surface area contributed by atoms with Gasteiger partial charge in [0.25, 0.3) is 0 Å². The predicted octanol–water partition coefficient (Wildman–Crippen LogP) is 3.03. The fraction of sp³-hybridized carbons (Fsp3) is 0.167. The maximum atomic E-state index is 7.36. The summed E-state index contributed by atoms with van der Waals surface area (Å²) >= 11 is 0. The first-order valence-corrected chi connectivity index (χ1v) is 7.76. The molecule has 0 atom stereocenters. The molecule has 7 nitrogen and oxygen atoms in total. The van der Waals surface area contributed by atoms with E-state index in [9.17, 15) is 0 Å². The van der Waals surface area contributed by atoms with Crippen molar-refractivity contribution in [2.45, 2.75) is 12.5 Å². The third-order valence-electron chi connectivity index (χ3n) is 3.81. The zero-order valence-electron chi connectivity index (χ0n) is 13.7. The molecule has 1 aromatic heterocycles. The Kier molecular flexibility index (Phi) is 4.94. The molecule has 3 rings (SSSR count). The van der Waals surface area contributed by atoms with Crippen molar-refractivity contribution in [3.63, 3.8) is 0 Å². The van der Waals surface area contributed by atoms with Crippen molar-refractivity contribution in [1.82, 2.24) is 15.2 Å². The van der Waals surface area contributed by atoms with Gasteiger partial charge in [0.2, 0.25) is 5.95 Å². The van der Waals surface area contributed by atoms with E-state index in [4.69, 9.17) is 15.6 Å². The molecule has 0 aliphatic heterocycles. The number of hydrogen-bond donors (Lipinski definition) is 3. The van der Waals surface area contributed by atoms with Gasteiger partial charge in [0.1, 0.15) is 11.3 Å². The second-order valence-corrected chi connectivity index (χ2v) is 5.45. The highest BCUT2D eigenvalue weighted by atomic mass is 16.5. The average molecular weight is 334 g/mol. The van der Waals surface area contributed by atoms with Gasteiger partial charge in [0.15, 0.2) is 0 Å². The van der Waals surface area contributed by atoms with Crippen LogP contribution in [0.25, 0.3) is 11.0 Å². The highest BCUT2D eigenvalue weighted by molar-refractivity contribution is 5.89. The summed E-state index contributed by atoms with van der Waals surface area (Å²) in [6.07, 6.45) is 2.44. The van der Waals surface area contributed by atoms with Gasteiger partial charge in [0.05, 0.1) is 18.5 Å². The molecular weight excluding hydrogens is 316 g/mol. The van der Waals surface area contributed by atoms with Gasteiger partial charge >= 0.3 is 0 Å². The highest BCUT2D eigenvalue weighted by Crippen LogP contribution is 2.18. The monoisotopic (exact) mass is 334 g/mol. The molecular formula is C18H18N6O. The normalized spacial score (nSPS) is 11.7. The lowest BCUT2D eigenvalue weighted by atomic mass is 10.0. The van der Waals surface area contributed by atoms with Crippen molar-refractivity contribution in [1.29, 1.82) is 10.8 Å². The van der Waals surface area contributed by atoms with Gasteiger partial charge in [0, 0.05) is 19.0 Å².